The van der Waals surface area contributed by atoms with Crippen molar-refractivity contribution in [1.82, 2.24) is 5.32 Å². The molecule has 0 unspecified atom stereocenters. The van der Waals surface area contributed by atoms with Crippen molar-refractivity contribution in [3.05, 3.63) is 54.1 Å². The molecule has 1 fully saturated rings. The van der Waals surface area contributed by atoms with Gasteiger partial charge in [0.05, 0.1) is 11.5 Å². The molecule has 1 heterocycles. The minimum atomic E-state index is -3.01. The van der Waals surface area contributed by atoms with E-state index in [1.165, 1.54) is 0 Å². The van der Waals surface area contributed by atoms with E-state index >= 15 is 0 Å². The number of hydrogen-bond acceptors (Lipinski definition) is 5. The summed E-state index contributed by atoms with van der Waals surface area (Å²) in [5, 5.41) is 2.69. The number of aryl methyl sites for hydroxylation is 1. The lowest BCUT2D eigenvalue weighted by Gasteiger charge is -2.12. The molecule has 2 aromatic rings. The maximum atomic E-state index is 11.9. The van der Waals surface area contributed by atoms with Gasteiger partial charge in [0.2, 0.25) is 0 Å². The van der Waals surface area contributed by atoms with Crippen LogP contribution >= 0.6 is 0 Å². The number of benzene rings is 2. The molecule has 1 saturated heterocycles. The molecule has 0 bridgehead atoms. The lowest BCUT2D eigenvalue weighted by atomic mass is 10.2. The number of ether oxygens (including phenoxy) is 2. The van der Waals surface area contributed by atoms with Gasteiger partial charge >= 0.3 is 0 Å². The van der Waals surface area contributed by atoms with Gasteiger partial charge in [0, 0.05) is 6.04 Å². The zero-order valence-corrected chi connectivity index (χ0v) is 15.3. The first-order valence-corrected chi connectivity index (χ1v) is 10.2. The maximum absolute atomic E-state index is 11.9. The number of sulfone groups is 1. The van der Waals surface area contributed by atoms with E-state index in [9.17, 15) is 13.2 Å². The van der Waals surface area contributed by atoms with Crippen LogP contribution in [0.3, 0.4) is 0 Å². The number of carbonyl (C=O) groups excluding carboxylic acids is 1. The topological polar surface area (TPSA) is 81.7 Å². The smallest absolute Gasteiger partial charge is 0.258 e. The van der Waals surface area contributed by atoms with Crippen LogP contribution in [0.5, 0.6) is 17.2 Å². The third-order valence-electron chi connectivity index (χ3n) is 4.05. The third-order valence-corrected chi connectivity index (χ3v) is 5.82. The van der Waals surface area contributed by atoms with Crippen LogP contribution in [0.2, 0.25) is 0 Å². The van der Waals surface area contributed by atoms with Crippen molar-refractivity contribution in [3.8, 4) is 17.2 Å². The molecule has 1 atom stereocenters. The molecule has 0 saturated carbocycles. The highest BCUT2D eigenvalue weighted by Crippen LogP contribution is 2.24. The van der Waals surface area contributed by atoms with Gasteiger partial charge in [-0.3, -0.25) is 4.79 Å². The van der Waals surface area contributed by atoms with Gasteiger partial charge in [0.15, 0.2) is 16.4 Å². The Morgan fingerprint density at radius 3 is 2.19 bits per heavy atom. The summed E-state index contributed by atoms with van der Waals surface area (Å²) in [6.45, 7) is 1.85. The number of hydrogen-bond donors (Lipinski definition) is 1. The van der Waals surface area contributed by atoms with Crippen LogP contribution in [0.25, 0.3) is 0 Å². The highest BCUT2D eigenvalue weighted by atomic mass is 32.2. The molecule has 1 aliphatic rings. The van der Waals surface area contributed by atoms with Crippen molar-refractivity contribution < 1.29 is 22.7 Å². The minimum Gasteiger partial charge on any atom is -0.484 e. The first-order valence-electron chi connectivity index (χ1n) is 8.37. The summed E-state index contributed by atoms with van der Waals surface area (Å²) in [7, 11) is -3.01. The average molecular weight is 375 g/mol. The Balaban J connectivity index is 1.46. The van der Waals surface area contributed by atoms with E-state index in [0.29, 0.717) is 17.9 Å². The van der Waals surface area contributed by atoms with Crippen LogP contribution in [-0.4, -0.2) is 38.5 Å². The van der Waals surface area contributed by atoms with Crippen molar-refractivity contribution in [3.63, 3.8) is 0 Å². The second-order valence-electron chi connectivity index (χ2n) is 6.34. The van der Waals surface area contributed by atoms with E-state index in [1.54, 1.807) is 24.3 Å². The maximum Gasteiger partial charge on any atom is 0.258 e. The summed E-state index contributed by atoms with van der Waals surface area (Å²) in [6, 6.07) is 14.4. The van der Waals surface area contributed by atoms with Crippen molar-refractivity contribution in [2.24, 2.45) is 0 Å². The lowest BCUT2D eigenvalue weighted by Crippen LogP contribution is -2.38. The molecule has 0 spiro atoms. The summed E-state index contributed by atoms with van der Waals surface area (Å²) in [5.41, 5.74) is 1.16. The number of amides is 1. The molecule has 0 radical (unpaired) electrons. The van der Waals surface area contributed by atoms with Crippen molar-refractivity contribution in [1.29, 1.82) is 0 Å². The predicted molar refractivity (Wildman–Crippen MR) is 98.4 cm³/mol. The van der Waals surface area contributed by atoms with E-state index < -0.39 is 9.84 Å². The van der Waals surface area contributed by atoms with Crippen LogP contribution in [0.4, 0.5) is 0 Å². The molecule has 1 amide bonds. The van der Waals surface area contributed by atoms with Gasteiger partial charge in [-0.15, -0.1) is 0 Å². The number of nitrogens with one attached hydrogen (secondary N) is 1. The molecule has 7 heteroatoms. The molecular formula is C19H21NO5S. The highest BCUT2D eigenvalue weighted by Gasteiger charge is 2.28. The molecule has 0 aromatic heterocycles. The molecule has 1 aliphatic heterocycles. The van der Waals surface area contributed by atoms with Crippen LogP contribution in [-0.2, 0) is 14.6 Å². The number of rotatable bonds is 6. The SMILES string of the molecule is Cc1ccc(Oc2ccc(OCC(=O)N[C@H]3CCS(=O)(=O)C3)cc2)cc1. The average Bonchev–Trinajstić information content (AvgIpc) is 2.95. The fraction of sp³-hybridized carbons (Fsp3) is 0.316. The molecule has 3 rings (SSSR count). The summed E-state index contributed by atoms with van der Waals surface area (Å²) >= 11 is 0. The van der Waals surface area contributed by atoms with E-state index in [1.807, 2.05) is 31.2 Å². The quantitative estimate of drug-likeness (QED) is 0.839. The summed E-state index contributed by atoms with van der Waals surface area (Å²) in [6.07, 6.45) is 0.457. The second kappa shape index (κ2) is 7.78. The monoisotopic (exact) mass is 375 g/mol. The van der Waals surface area contributed by atoms with E-state index in [2.05, 4.69) is 5.32 Å². The fourth-order valence-corrected chi connectivity index (χ4v) is 4.35. The third kappa shape index (κ3) is 5.23. The zero-order chi connectivity index (χ0) is 18.6. The molecule has 2 aromatic carbocycles. The van der Waals surface area contributed by atoms with Crippen LogP contribution in [0.1, 0.15) is 12.0 Å². The van der Waals surface area contributed by atoms with E-state index in [4.69, 9.17) is 9.47 Å². The summed E-state index contributed by atoms with van der Waals surface area (Å²) in [5.74, 6) is 1.75. The van der Waals surface area contributed by atoms with Crippen LogP contribution in [0, 0.1) is 6.92 Å². The Kier molecular flexibility index (Phi) is 5.46. The first-order chi connectivity index (χ1) is 12.4. The predicted octanol–water partition coefficient (Wildman–Crippen LogP) is 2.47. The largest absolute Gasteiger partial charge is 0.484 e. The van der Waals surface area contributed by atoms with Gasteiger partial charge in [0.1, 0.15) is 17.2 Å². The molecular weight excluding hydrogens is 354 g/mol. The normalized spacial score (nSPS) is 18.3. The molecule has 0 aliphatic carbocycles. The Labute approximate surface area is 153 Å². The highest BCUT2D eigenvalue weighted by molar-refractivity contribution is 7.91. The first kappa shape index (κ1) is 18.3. The van der Waals surface area contributed by atoms with Gasteiger partial charge in [-0.05, 0) is 49.7 Å². The molecule has 138 valence electrons. The van der Waals surface area contributed by atoms with Crippen molar-refractivity contribution in [2.45, 2.75) is 19.4 Å². The summed E-state index contributed by atoms with van der Waals surface area (Å²) in [4.78, 5) is 11.9. The Morgan fingerprint density at radius 2 is 1.62 bits per heavy atom. The standard InChI is InChI=1S/C19H21NO5S/c1-14-2-4-17(5-3-14)25-18-8-6-16(7-9-18)24-12-19(21)20-15-10-11-26(22,23)13-15/h2-9,15H,10-13H2,1H3,(H,20,21)/t15-/m0/s1. The van der Waals surface area contributed by atoms with Gasteiger partial charge in [0.25, 0.3) is 5.91 Å². The minimum absolute atomic E-state index is 0.00376. The van der Waals surface area contributed by atoms with Crippen molar-refractivity contribution in [2.75, 3.05) is 18.1 Å². The molecule has 1 N–H and O–H groups in total. The van der Waals surface area contributed by atoms with Crippen LogP contribution in [0.15, 0.2) is 48.5 Å². The fourth-order valence-electron chi connectivity index (χ4n) is 2.67. The lowest BCUT2D eigenvalue weighted by molar-refractivity contribution is -0.123. The second-order valence-corrected chi connectivity index (χ2v) is 8.57. The van der Waals surface area contributed by atoms with Gasteiger partial charge in [-0.1, -0.05) is 17.7 Å². The Bertz CT molecular complexity index is 860. The molecule has 6 nitrogen and oxygen atoms in total. The van der Waals surface area contributed by atoms with Gasteiger partial charge < -0.3 is 14.8 Å². The Morgan fingerprint density at radius 1 is 1.04 bits per heavy atom. The van der Waals surface area contributed by atoms with E-state index in [-0.39, 0.29) is 30.1 Å². The van der Waals surface area contributed by atoms with Gasteiger partial charge in [-0.25, -0.2) is 8.42 Å². The zero-order valence-electron chi connectivity index (χ0n) is 14.5. The summed E-state index contributed by atoms with van der Waals surface area (Å²) < 4.78 is 33.9. The van der Waals surface area contributed by atoms with E-state index in [0.717, 1.165) is 11.3 Å². The Hall–Kier alpha value is -2.54. The van der Waals surface area contributed by atoms with Crippen LogP contribution < -0.4 is 14.8 Å². The molecule has 26 heavy (non-hydrogen) atoms. The van der Waals surface area contributed by atoms with Gasteiger partial charge in [-0.2, -0.15) is 0 Å². The van der Waals surface area contributed by atoms with Crippen molar-refractivity contribution >= 4 is 15.7 Å². The number of carbonyl (C=O) groups is 1.